The van der Waals surface area contributed by atoms with Crippen LogP contribution < -0.4 is 10.3 Å². The van der Waals surface area contributed by atoms with Crippen molar-refractivity contribution in [2.24, 2.45) is 0 Å². The number of imidazole rings is 1. The van der Waals surface area contributed by atoms with Crippen molar-refractivity contribution < 1.29 is 17.9 Å². The van der Waals surface area contributed by atoms with Gasteiger partial charge in [-0.05, 0) is 6.07 Å². The van der Waals surface area contributed by atoms with Crippen molar-refractivity contribution in [2.45, 2.75) is 6.18 Å². The summed E-state index contributed by atoms with van der Waals surface area (Å²) in [7, 11) is 1.37. The zero-order chi connectivity index (χ0) is 15.9. The van der Waals surface area contributed by atoms with Gasteiger partial charge in [0.25, 0.3) is 5.56 Å². The molecule has 3 aromatic rings. The lowest BCUT2D eigenvalue weighted by molar-refractivity contribution is -0.140. The molecule has 0 aliphatic rings. The van der Waals surface area contributed by atoms with Crippen LogP contribution in [0.2, 0.25) is 0 Å². The van der Waals surface area contributed by atoms with E-state index in [-0.39, 0.29) is 11.3 Å². The first-order valence-electron chi connectivity index (χ1n) is 6.08. The number of nitrogens with one attached hydrogen (secondary N) is 1. The van der Waals surface area contributed by atoms with Gasteiger partial charge in [-0.2, -0.15) is 13.2 Å². The summed E-state index contributed by atoms with van der Waals surface area (Å²) in [6, 6.07) is 2.72. The molecule has 0 aromatic carbocycles. The van der Waals surface area contributed by atoms with Crippen LogP contribution in [0.4, 0.5) is 13.2 Å². The minimum Gasteiger partial charge on any atom is -0.497 e. The molecule has 114 valence electrons. The van der Waals surface area contributed by atoms with E-state index < -0.39 is 23.0 Å². The van der Waals surface area contributed by atoms with Gasteiger partial charge in [-0.1, -0.05) is 0 Å². The Bertz CT molecular complexity index is 885. The molecule has 1 N–H and O–H groups in total. The Morgan fingerprint density at radius 1 is 1.36 bits per heavy atom. The third-order valence-corrected chi connectivity index (χ3v) is 3.07. The van der Waals surface area contributed by atoms with Crippen LogP contribution in [-0.2, 0) is 6.18 Å². The van der Waals surface area contributed by atoms with E-state index in [0.717, 1.165) is 10.6 Å². The summed E-state index contributed by atoms with van der Waals surface area (Å²) >= 11 is 0. The number of ether oxygens (including phenoxy) is 1. The highest BCUT2D eigenvalue weighted by Crippen LogP contribution is 2.33. The fourth-order valence-corrected chi connectivity index (χ4v) is 2.09. The molecule has 0 atom stereocenters. The van der Waals surface area contributed by atoms with Crippen LogP contribution in [-0.4, -0.2) is 26.5 Å². The molecule has 3 rings (SSSR count). The number of alkyl halides is 3. The van der Waals surface area contributed by atoms with Crippen molar-refractivity contribution >= 4 is 5.65 Å². The summed E-state index contributed by atoms with van der Waals surface area (Å²) in [4.78, 5) is 22.2. The molecule has 0 saturated carbocycles. The topological polar surface area (TPSA) is 72.3 Å². The van der Waals surface area contributed by atoms with Crippen LogP contribution in [0.25, 0.3) is 16.9 Å². The molecule has 6 nitrogen and oxygen atoms in total. The number of nitrogens with zero attached hydrogens (tertiary/aromatic N) is 3. The molecule has 0 radical (unpaired) electrons. The van der Waals surface area contributed by atoms with E-state index in [9.17, 15) is 18.0 Å². The molecule has 9 heteroatoms. The van der Waals surface area contributed by atoms with E-state index in [0.29, 0.717) is 5.75 Å². The van der Waals surface area contributed by atoms with Crippen LogP contribution in [0.1, 0.15) is 5.69 Å². The van der Waals surface area contributed by atoms with Crippen molar-refractivity contribution in [3.05, 3.63) is 46.9 Å². The van der Waals surface area contributed by atoms with E-state index >= 15 is 0 Å². The van der Waals surface area contributed by atoms with Crippen LogP contribution >= 0.6 is 0 Å². The van der Waals surface area contributed by atoms with Gasteiger partial charge >= 0.3 is 6.18 Å². The molecule has 0 aliphatic heterocycles. The van der Waals surface area contributed by atoms with Gasteiger partial charge in [-0.3, -0.25) is 9.20 Å². The first-order valence-corrected chi connectivity index (χ1v) is 6.08. The second-order valence-electron chi connectivity index (χ2n) is 4.40. The molecule has 0 bridgehead atoms. The highest BCUT2D eigenvalue weighted by Gasteiger charge is 2.38. The number of pyridine rings is 1. The Hall–Kier alpha value is -2.84. The highest BCUT2D eigenvalue weighted by molar-refractivity contribution is 5.63. The van der Waals surface area contributed by atoms with Crippen molar-refractivity contribution in [1.29, 1.82) is 0 Å². The predicted octanol–water partition coefficient (Wildman–Crippen LogP) is 2.11. The van der Waals surface area contributed by atoms with Crippen molar-refractivity contribution in [3.8, 4) is 17.0 Å². The van der Waals surface area contributed by atoms with Gasteiger partial charge in [-0.15, -0.1) is 0 Å². The van der Waals surface area contributed by atoms with E-state index in [1.165, 1.54) is 31.8 Å². The number of aromatic nitrogens is 4. The summed E-state index contributed by atoms with van der Waals surface area (Å²) in [6.45, 7) is 0. The molecular formula is C13H9F3N4O2. The molecule has 0 aliphatic carbocycles. The number of halogens is 3. The maximum Gasteiger partial charge on any atom is 0.434 e. The van der Waals surface area contributed by atoms with Crippen molar-refractivity contribution in [1.82, 2.24) is 19.4 Å². The van der Waals surface area contributed by atoms with Crippen molar-refractivity contribution in [2.75, 3.05) is 7.11 Å². The average Bonchev–Trinajstić information content (AvgIpc) is 2.99. The third-order valence-electron chi connectivity index (χ3n) is 3.07. The molecule has 0 unspecified atom stereocenters. The summed E-state index contributed by atoms with van der Waals surface area (Å²) in [6.07, 6.45) is -1.14. The number of methoxy groups -OCH3 is 1. The van der Waals surface area contributed by atoms with Gasteiger partial charge in [0.05, 0.1) is 30.9 Å². The van der Waals surface area contributed by atoms with Crippen LogP contribution in [0.5, 0.6) is 5.75 Å². The van der Waals surface area contributed by atoms with Crippen molar-refractivity contribution in [3.63, 3.8) is 0 Å². The van der Waals surface area contributed by atoms with Crippen LogP contribution in [0.15, 0.2) is 35.6 Å². The van der Waals surface area contributed by atoms with E-state index in [2.05, 4.69) is 15.0 Å². The monoisotopic (exact) mass is 310 g/mol. The van der Waals surface area contributed by atoms with Gasteiger partial charge in [0.2, 0.25) is 0 Å². The number of hydrogen-bond donors (Lipinski definition) is 1. The Morgan fingerprint density at radius 3 is 2.73 bits per heavy atom. The molecule has 3 heterocycles. The van der Waals surface area contributed by atoms with E-state index in [4.69, 9.17) is 4.74 Å². The lowest BCUT2D eigenvalue weighted by Crippen LogP contribution is -2.24. The van der Waals surface area contributed by atoms with E-state index in [1.807, 2.05) is 0 Å². The minimum atomic E-state index is -4.78. The summed E-state index contributed by atoms with van der Waals surface area (Å²) in [5, 5.41) is 0. The van der Waals surface area contributed by atoms with Crippen LogP contribution in [0, 0.1) is 0 Å². The molecule has 22 heavy (non-hydrogen) atoms. The van der Waals surface area contributed by atoms with Gasteiger partial charge < -0.3 is 9.72 Å². The van der Waals surface area contributed by atoms with Gasteiger partial charge in [-0.25, -0.2) is 9.97 Å². The zero-order valence-corrected chi connectivity index (χ0v) is 11.2. The second kappa shape index (κ2) is 4.86. The molecule has 0 amide bonds. The minimum absolute atomic E-state index is 0.0463. The molecular weight excluding hydrogens is 301 g/mol. The Balaban J connectivity index is 2.43. The molecule has 0 saturated heterocycles. The largest absolute Gasteiger partial charge is 0.497 e. The SMILES string of the molecule is COc1ccn2c(=O)c(-c3cnc[nH]3)c(C(F)(F)F)nc2c1. The van der Waals surface area contributed by atoms with Crippen LogP contribution in [0.3, 0.4) is 0 Å². The molecule has 0 spiro atoms. The standard InChI is InChI=1S/C13H9F3N4O2/c1-22-7-2-3-20-9(4-7)19-11(13(14,15)16)10(12(20)21)8-5-17-6-18-8/h2-6H,1H3,(H,17,18). The van der Waals surface area contributed by atoms with E-state index in [1.54, 1.807) is 0 Å². The lowest BCUT2D eigenvalue weighted by Gasteiger charge is -2.12. The summed E-state index contributed by atoms with van der Waals surface area (Å²) < 4.78 is 45.7. The maximum atomic E-state index is 13.3. The normalized spacial score (nSPS) is 11.8. The Kier molecular flexibility index (Phi) is 3.12. The van der Waals surface area contributed by atoms with Gasteiger partial charge in [0, 0.05) is 12.3 Å². The lowest BCUT2D eigenvalue weighted by atomic mass is 10.1. The van der Waals surface area contributed by atoms with Gasteiger partial charge in [0.15, 0.2) is 5.69 Å². The molecule has 3 aromatic heterocycles. The number of aromatic amines is 1. The first-order chi connectivity index (χ1) is 10.4. The third kappa shape index (κ3) is 2.20. The number of hydrogen-bond acceptors (Lipinski definition) is 4. The Morgan fingerprint density at radius 2 is 2.14 bits per heavy atom. The summed E-state index contributed by atoms with van der Waals surface area (Å²) in [5.74, 6) is 0.300. The Labute approximate surface area is 121 Å². The average molecular weight is 310 g/mol. The predicted molar refractivity (Wildman–Crippen MR) is 70.6 cm³/mol. The smallest absolute Gasteiger partial charge is 0.434 e. The number of rotatable bonds is 2. The molecule has 0 fully saturated rings. The quantitative estimate of drug-likeness (QED) is 0.787. The number of fused-ring (bicyclic) bond motifs is 1. The highest BCUT2D eigenvalue weighted by atomic mass is 19.4. The second-order valence-corrected chi connectivity index (χ2v) is 4.40. The fourth-order valence-electron chi connectivity index (χ4n) is 2.09. The summed E-state index contributed by atoms with van der Waals surface area (Å²) in [5.41, 5.74) is -2.89. The first kappa shape index (κ1) is 14.1. The van der Waals surface area contributed by atoms with Gasteiger partial charge in [0.1, 0.15) is 11.4 Å². The fraction of sp³-hybridized carbons (Fsp3) is 0.154. The number of H-pyrrole nitrogens is 1. The maximum absolute atomic E-state index is 13.3. The zero-order valence-electron chi connectivity index (χ0n) is 11.2.